The molecule has 1 nitrogen and oxygen atoms in total. The lowest BCUT2D eigenvalue weighted by molar-refractivity contribution is 0.300. The summed E-state index contributed by atoms with van der Waals surface area (Å²) in [5.41, 5.74) is 0. The van der Waals surface area contributed by atoms with Gasteiger partial charge < -0.3 is 5.11 Å². The molecule has 0 saturated carbocycles. The summed E-state index contributed by atoms with van der Waals surface area (Å²) in [7, 11) is 0. The number of hydrogen-bond acceptors (Lipinski definition) is 3. The third kappa shape index (κ3) is 2.08. The van der Waals surface area contributed by atoms with Crippen molar-refractivity contribution in [3.63, 3.8) is 0 Å². The number of aliphatic hydroxyl groups is 1. The first kappa shape index (κ1) is 10.4. The average molecular weight is 289 g/mol. The molecule has 0 bridgehead atoms. The van der Waals surface area contributed by atoms with Crippen molar-refractivity contribution in [2.45, 2.75) is 6.42 Å². The number of aliphatic hydroxyl groups excluding tert-OH is 1. The van der Waals surface area contributed by atoms with Crippen molar-refractivity contribution < 1.29 is 5.11 Å². The first-order valence-electron chi connectivity index (χ1n) is 4.24. The molecule has 2 aromatic heterocycles. The summed E-state index contributed by atoms with van der Waals surface area (Å²) < 4.78 is 1.11. The summed E-state index contributed by atoms with van der Waals surface area (Å²) in [4.78, 5) is 3.78. The van der Waals surface area contributed by atoms with Crippen LogP contribution in [-0.4, -0.2) is 11.7 Å². The van der Waals surface area contributed by atoms with E-state index in [2.05, 4.69) is 39.5 Å². The molecule has 0 amide bonds. The minimum Gasteiger partial charge on any atom is -0.396 e. The number of halogens is 1. The Kier molecular flexibility index (Phi) is 3.38. The molecule has 0 radical (unpaired) electrons. The first-order chi connectivity index (χ1) is 6.81. The molecule has 4 heteroatoms. The minimum absolute atomic E-state index is 0.211. The summed E-state index contributed by atoms with van der Waals surface area (Å²) in [5.74, 6) is 0. The molecular formula is C10H9BrOS2. The molecule has 0 aliphatic carbocycles. The summed E-state index contributed by atoms with van der Waals surface area (Å²) in [6.07, 6.45) is 0.733. The van der Waals surface area contributed by atoms with Gasteiger partial charge in [-0.25, -0.2) is 0 Å². The Bertz CT molecular complexity index is 406. The fourth-order valence-electron chi connectivity index (χ4n) is 1.22. The van der Waals surface area contributed by atoms with Gasteiger partial charge in [0.15, 0.2) is 0 Å². The van der Waals surface area contributed by atoms with Crippen LogP contribution in [0.2, 0.25) is 0 Å². The van der Waals surface area contributed by atoms with Crippen molar-refractivity contribution >= 4 is 38.6 Å². The van der Waals surface area contributed by atoms with Crippen LogP contribution in [0.25, 0.3) is 9.75 Å². The van der Waals surface area contributed by atoms with Crippen molar-refractivity contribution in [1.29, 1.82) is 0 Å². The molecule has 74 valence electrons. The predicted octanol–water partition coefficient (Wildman–Crippen LogP) is 3.77. The van der Waals surface area contributed by atoms with Gasteiger partial charge in [0.25, 0.3) is 0 Å². The van der Waals surface area contributed by atoms with Gasteiger partial charge in [-0.3, -0.25) is 0 Å². The normalized spacial score (nSPS) is 10.7. The third-order valence-electron chi connectivity index (χ3n) is 1.86. The van der Waals surface area contributed by atoms with Gasteiger partial charge in [-0.1, -0.05) is 6.07 Å². The van der Waals surface area contributed by atoms with E-state index in [0.717, 1.165) is 10.9 Å². The number of hydrogen-bond donors (Lipinski definition) is 1. The summed E-state index contributed by atoms with van der Waals surface area (Å²) >= 11 is 7.00. The summed E-state index contributed by atoms with van der Waals surface area (Å²) in [6, 6.07) is 6.30. The largest absolute Gasteiger partial charge is 0.396 e. The minimum atomic E-state index is 0.211. The Morgan fingerprint density at radius 3 is 2.86 bits per heavy atom. The number of thiophene rings is 2. The Labute approximate surface area is 99.2 Å². The molecular weight excluding hydrogens is 280 g/mol. The molecule has 0 aromatic carbocycles. The van der Waals surface area contributed by atoms with Gasteiger partial charge in [-0.05, 0) is 33.4 Å². The molecule has 1 N–H and O–H groups in total. The summed E-state index contributed by atoms with van der Waals surface area (Å²) in [6.45, 7) is 0.211. The van der Waals surface area contributed by atoms with Crippen LogP contribution in [0.1, 0.15) is 4.88 Å². The molecule has 0 saturated heterocycles. The second-order valence-electron chi connectivity index (χ2n) is 2.83. The van der Waals surface area contributed by atoms with E-state index in [4.69, 9.17) is 5.11 Å². The molecule has 0 aliphatic rings. The van der Waals surface area contributed by atoms with Crippen molar-refractivity contribution in [3.8, 4) is 9.75 Å². The van der Waals surface area contributed by atoms with E-state index in [1.165, 1.54) is 14.6 Å². The van der Waals surface area contributed by atoms with Crippen LogP contribution in [0.4, 0.5) is 0 Å². The smallest absolute Gasteiger partial charge is 0.0479 e. The Hall–Kier alpha value is -0.160. The zero-order valence-electron chi connectivity index (χ0n) is 7.37. The van der Waals surface area contributed by atoms with Crippen LogP contribution in [0.3, 0.4) is 0 Å². The molecule has 0 fully saturated rings. The van der Waals surface area contributed by atoms with E-state index in [-0.39, 0.29) is 6.61 Å². The highest BCUT2D eigenvalue weighted by Crippen LogP contribution is 2.36. The molecule has 0 unspecified atom stereocenters. The molecule has 0 atom stereocenters. The van der Waals surface area contributed by atoms with E-state index < -0.39 is 0 Å². The monoisotopic (exact) mass is 288 g/mol. The standard InChI is InChI=1S/C10H9BrOS2/c11-7-6-10(9-2-1-5-13-9)14-8(7)3-4-12/h1-2,5-6,12H,3-4H2. The Balaban J connectivity index is 2.33. The zero-order valence-corrected chi connectivity index (χ0v) is 10.6. The maximum absolute atomic E-state index is 8.87. The van der Waals surface area contributed by atoms with Crippen LogP contribution >= 0.6 is 38.6 Å². The van der Waals surface area contributed by atoms with E-state index >= 15 is 0 Å². The molecule has 14 heavy (non-hydrogen) atoms. The lowest BCUT2D eigenvalue weighted by Gasteiger charge is -1.91. The van der Waals surface area contributed by atoms with E-state index in [1.807, 2.05) is 0 Å². The van der Waals surface area contributed by atoms with Gasteiger partial charge in [0.1, 0.15) is 0 Å². The topological polar surface area (TPSA) is 20.2 Å². The number of rotatable bonds is 3. The van der Waals surface area contributed by atoms with Crippen molar-refractivity contribution in [1.82, 2.24) is 0 Å². The van der Waals surface area contributed by atoms with Gasteiger partial charge in [0.2, 0.25) is 0 Å². The summed E-state index contributed by atoms with van der Waals surface area (Å²) in [5, 5.41) is 11.0. The second kappa shape index (κ2) is 4.57. The lowest BCUT2D eigenvalue weighted by atomic mass is 10.3. The molecule has 2 rings (SSSR count). The lowest BCUT2D eigenvalue weighted by Crippen LogP contribution is -1.85. The van der Waals surface area contributed by atoms with Crippen LogP contribution < -0.4 is 0 Å². The van der Waals surface area contributed by atoms with Gasteiger partial charge in [0.05, 0.1) is 0 Å². The highest BCUT2D eigenvalue weighted by atomic mass is 79.9. The van der Waals surface area contributed by atoms with Crippen LogP contribution in [0, 0.1) is 0 Å². The van der Waals surface area contributed by atoms with E-state index in [9.17, 15) is 0 Å². The fraction of sp³-hybridized carbons (Fsp3) is 0.200. The third-order valence-corrected chi connectivity index (χ3v) is 5.09. The van der Waals surface area contributed by atoms with Crippen molar-refractivity contribution in [3.05, 3.63) is 32.9 Å². The van der Waals surface area contributed by atoms with Crippen LogP contribution in [0.15, 0.2) is 28.1 Å². The second-order valence-corrected chi connectivity index (χ2v) is 5.77. The highest BCUT2D eigenvalue weighted by molar-refractivity contribution is 9.10. The van der Waals surface area contributed by atoms with Crippen molar-refractivity contribution in [2.75, 3.05) is 6.61 Å². The first-order valence-corrected chi connectivity index (χ1v) is 6.73. The van der Waals surface area contributed by atoms with Gasteiger partial charge >= 0.3 is 0 Å². The maximum Gasteiger partial charge on any atom is 0.0479 e. The maximum atomic E-state index is 8.87. The zero-order chi connectivity index (χ0) is 9.97. The van der Waals surface area contributed by atoms with Crippen molar-refractivity contribution in [2.24, 2.45) is 0 Å². The Morgan fingerprint density at radius 1 is 1.36 bits per heavy atom. The van der Waals surface area contributed by atoms with Crippen LogP contribution in [-0.2, 0) is 6.42 Å². The van der Waals surface area contributed by atoms with Gasteiger partial charge in [0, 0.05) is 32.1 Å². The fourth-order valence-corrected chi connectivity index (χ4v) is 3.91. The SMILES string of the molecule is OCCc1sc(-c2cccs2)cc1Br. The molecule has 0 aliphatic heterocycles. The average Bonchev–Trinajstić information content (AvgIpc) is 2.76. The quantitative estimate of drug-likeness (QED) is 0.912. The molecule has 2 heterocycles. The van der Waals surface area contributed by atoms with E-state index in [1.54, 1.807) is 22.7 Å². The predicted molar refractivity (Wildman–Crippen MR) is 66.1 cm³/mol. The molecule has 2 aromatic rings. The van der Waals surface area contributed by atoms with Crippen LogP contribution in [0.5, 0.6) is 0 Å². The van der Waals surface area contributed by atoms with Gasteiger partial charge in [-0.15, -0.1) is 22.7 Å². The van der Waals surface area contributed by atoms with E-state index in [0.29, 0.717) is 0 Å². The molecule has 0 spiro atoms. The highest BCUT2D eigenvalue weighted by Gasteiger charge is 2.08. The van der Waals surface area contributed by atoms with Gasteiger partial charge in [-0.2, -0.15) is 0 Å². The Morgan fingerprint density at radius 2 is 2.21 bits per heavy atom.